The second kappa shape index (κ2) is 4.25. The van der Waals surface area contributed by atoms with Crippen molar-refractivity contribution in [2.45, 2.75) is 31.7 Å². The van der Waals surface area contributed by atoms with Gasteiger partial charge in [0.2, 0.25) is 0 Å². The number of hydrogen-bond acceptors (Lipinski definition) is 3. The monoisotopic (exact) mass is 217 g/mol. The lowest BCUT2D eigenvalue weighted by Crippen LogP contribution is -2.24. The van der Waals surface area contributed by atoms with Crippen LogP contribution in [-0.2, 0) is 9.47 Å². The second-order valence-electron chi connectivity index (χ2n) is 4.38. The molecule has 1 aliphatic rings. The van der Waals surface area contributed by atoms with Crippen LogP contribution in [0.5, 0.6) is 0 Å². The van der Waals surface area contributed by atoms with Gasteiger partial charge in [-0.2, -0.15) is 5.26 Å². The molecule has 0 spiro atoms. The Hall–Kier alpha value is -1.37. The molecular formula is C13H15NO2. The summed E-state index contributed by atoms with van der Waals surface area (Å²) in [5.74, 6) is -0.836. The zero-order chi connectivity index (χ0) is 11.6. The van der Waals surface area contributed by atoms with Crippen molar-refractivity contribution in [2.75, 3.05) is 6.61 Å². The Morgan fingerprint density at radius 3 is 2.56 bits per heavy atom. The molecule has 0 radical (unpaired) electrons. The van der Waals surface area contributed by atoms with Crippen LogP contribution >= 0.6 is 0 Å². The maximum absolute atomic E-state index is 9.22. The van der Waals surface area contributed by atoms with Crippen LogP contribution in [-0.4, -0.2) is 18.5 Å². The zero-order valence-corrected chi connectivity index (χ0v) is 9.51. The highest BCUT2D eigenvalue weighted by Gasteiger charge is 2.38. The van der Waals surface area contributed by atoms with Gasteiger partial charge in [0, 0.05) is 0 Å². The molecule has 1 heterocycles. The molecule has 1 saturated heterocycles. The summed E-state index contributed by atoms with van der Waals surface area (Å²) in [6.45, 7) is 4.21. The summed E-state index contributed by atoms with van der Waals surface area (Å²) >= 11 is 0. The van der Waals surface area contributed by atoms with Gasteiger partial charge >= 0.3 is 0 Å². The van der Waals surface area contributed by atoms with Crippen LogP contribution in [0.4, 0.5) is 0 Å². The molecule has 16 heavy (non-hydrogen) atoms. The summed E-state index contributed by atoms with van der Waals surface area (Å²) in [7, 11) is 0. The van der Waals surface area contributed by atoms with Crippen molar-refractivity contribution in [3.63, 3.8) is 0 Å². The number of hydrogen-bond donors (Lipinski definition) is 0. The molecule has 1 aromatic carbocycles. The number of nitriles is 1. The summed E-state index contributed by atoms with van der Waals surface area (Å²) < 4.78 is 11.2. The fraction of sp³-hybridized carbons (Fsp3) is 0.462. The fourth-order valence-electron chi connectivity index (χ4n) is 1.91. The number of ether oxygens (including phenoxy) is 2. The summed E-state index contributed by atoms with van der Waals surface area (Å²) in [5.41, 5.74) is 0.983. The molecule has 1 unspecified atom stereocenters. The Bertz CT molecular complexity index is 394. The Morgan fingerprint density at radius 2 is 2.06 bits per heavy atom. The molecule has 0 saturated carbocycles. The number of rotatable bonds is 2. The molecule has 0 aromatic heterocycles. The van der Waals surface area contributed by atoms with Gasteiger partial charge in [-0.3, -0.25) is 0 Å². The van der Waals surface area contributed by atoms with E-state index in [9.17, 15) is 5.26 Å². The lowest BCUT2D eigenvalue weighted by molar-refractivity contribution is -0.139. The van der Waals surface area contributed by atoms with Gasteiger partial charge in [-0.05, 0) is 19.4 Å². The molecule has 1 fully saturated rings. The van der Waals surface area contributed by atoms with Gasteiger partial charge < -0.3 is 9.47 Å². The molecule has 0 N–H and O–H groups in total. The maximum atomic E-state index is 9.22. The first-order chi connectivity index (χ1) is 7.62. The van der Waals surface area contributed by atoms with Crippen molar-refractivity contribution in [3.8, 4) is 6.07 Å². The van der Waals surface area contributed by atoms with Crippen LogP contribution in [0.3, 0.4) is 0 Å². The minimum absolute atomic E-state index is 0.178. The van der Waals surface area contributed by atoms with E-state index in [2.05, 4.69) is 6.07 Å². The quantitative estimate of drug-likeness (QED) is 0.764. The van der Waals surface area contributed by atoms with E-state index in [1.54, 1.807) is 0 Å². The largest absolute Gasteiger partial charge is 0.348 e. The SMILES string of the molecule is CC1(C)OC[C@@H](C(C#N)c2ccccc2)O1. The van der Waals surface area contributed by atoms with Gasteiger partial charge in [0.05, 0.1) is 18.6 Å². The van der Waals surface area contributed by atoms with Gasteiger partial charge in [-0.1, -0.05) is 30.3 Å². The highest BCUT2D eigenvalue weighted by atomic mass is 16.7. The lowest BCUT2D eigenvalue weighted by Gasteiger charge is -2.19. The van der Waals surface area contributed by atoms with Crippen LogP contribution in [0.25, 0.3) is 0 Å². The van der Waals surface area contributed by atoms with E-state index in [0.29, 0.717) is 6.61 Å². The van der Waals surface area contributed by atoms with E-state index >= 15 is 0 Å². The van der Waals surface area contributed by atoms with Gasteiger partial charge in [0.15, 0.2) is 5.79 Å². The standard InChI is InChI=1S/C13H15NO2/c1-13(2)15-9-12(16-13)11(8-14)10-6-4-3-5-7-10/h3-7,11-12H,9H2,1-2H3/t11?,12-/m0/s1. The van der Waals surface area contributed by atoms with Gasteiger partial charge in [-0.15, -0.1) is 0 Å². The summed E-state index contributed by atoms with van der Waals surface area (Å²) in [5, 5.41) is 9.22. The van der Waals surface area contributed by atoms with Crippen molar-refractivity contribution in [1.29, 1.82) is 5.26 Å². The Balaban J connectivity index is 2.17. The second-order valence-corrected chi connectivity index (χ2v) is 4.38. The molecule has 1 aliphatic heterocycles. The van der Waals surface area contributed by atoms with Gasteiger partial charge in [0.1, 0.15) is 6.10 Å². The average Bonchev–Trinajstić information content (AvgIpc) is 2.62. The fourth-order valence-corrected chi connectivity index (χ4v) is 1.91. The van der Waals surface area contributed by atoms with Crippen molar-refractivity contribution in [3.05, 3.63) is 35.9 Å². The minimum atomic E-state index is -0.575. The Labute approximate surface area is 95.6 Å². The molecule has 1 aromatic rings. The van der Waals surface area contributed by atoms with E-state index in [1.165, 1.54) is 0 Å². The molecular weight excluding hydrogens is 202 g/mol. The predicted octanol–water partition coefficient (Wildman–Crippen LogP) is 2.45. The topological polar surface area (TPSA) is 42.2 Å². The third-order valence-corrected chi connectivity index (χ3v) is 2.70. The molecule has 84 valence electrons. The Morgan fingerprint density at radius 1 is 1.38 bits per heavy atom. The molecule has 3 nitrogen and oxygen atoms in total. The maximum Gasteiger partial charge on any atom is 0.163 e. The van der Waals surface area contributed by atoms with Crippen LogP contribution in [0.15, 0.2) is 30.3 Å². The Kier molecular flexibility index (Phi) is 2.95. The van der Waals surface area contributed by atoms with E-state index in [0.717, 1.165) is 5.56 Å². The lowest BCUT2D eigenvalue weighted by atomic mass is 9.95. The van der Waals surface area contributed by atoms with Crippen LogP contribution in [0, 0.1) is 11.3 Å². The van der Waals surface area contributed by atoms with Gasteiger partial charge in [0.25, 0.3) is 0 Å². The van der Waals surface area contributed by atoms with Crippen molar-refractivity contribution in [2.24, 2.45) is 0 Å². The first-order valence-electron chi connectivity index (χ1n) is 5.39. The predicted molar refractivity (Wildman–Crippen MR) is 59.7 cm³/mol. The van der Waals surface area contributed by atoms with Gasteiger partial charge in [-0.25, -0.2) is 0 Å². The summed E-state index contributed by atoms with van der Waals surface area (Å²) in [6, 6.07) is 12.0. The third-order valence-electron chi connectivity index (χ3n) is 2.70. The van der Waals surface area contributed by atoms with Crippen LogP contribution < -0.4 is 0 Å². The molecule has 0 amide bonds. The van der Waals surface area contributed by atoms with E-state index in [1.807, 2.05) is 44.2 Å². The molecule has 0 aliphatic carbocycles. The van der Waals surface area contributed by atoms with Crippen LogP contribution in [0.1, 0.15) is 25.3 Å². The minimum Gasteiger partial charge on any atom is -0.348 e. The third kappa shape index (κ3) is 2.24. The van der Waals surface area contributed by atoms with Crippen molar-refractivity contribution in [1.82, 2.24) is 0 Å². The van der Waals surface area contributed by atoms with Crippen molar-refractivity contribution < 1.29 is 9.47 Å². The smallest absolute Gasteiger partial charge is 0.163 e. The van der Waals surface area contributed by atoms with E-state index in [4.69, 9.17) is 9.47 Å². The molecule has 0 bridgehead atoms. The average molecular weight is 217 g/mol. The number of benzene rings is 1. The first kappa shape index (κ1) is 11.1. The highest BCUT2D eigenvalue weighted by Crippen LogP contribution is 2.31. The molecule has 2 rings (SSSR count). The summed E-state index contributed by atoms with van der Waals surface area (Å²) in [4.78, 5) is 0. The number of nitrogens with zero attached hydrogens (tertiary/aromatic N) is 1. The zero-order valence-electron chi connectivity index (χ0n) is 9.51. The van der Waals surface area contributed by atoms with E-state index in [-0.39, 0.29) is 12.0 Å². The highest BCUT2D eigenvalue weighted by molar-refractivity contribution is 5.26. The summed E-state index contributed by atoms with van der Waals surface area (Å²) in [6.07, 6.45) is -0.178. The van der Waals surface area contributed by atoms with Crippen LogP contribution in [0.2, 0.25) is 0 Å². The molecule has 3 heteroatoms. The van der Waals surface area contributed by atoms with E-state index < -0.39 is 5.79 Å². The van der Waals surface area contributed by atoms with Crippen molar-refractivity contribution >= 4 is 0 Å². The first-order valence-corrected chi connectivity index (χ1v) is 5.39. The molecule has 2 atom stereocenters. The normalized spacial score (nSPS) is 24.9.